The first-order valence-electron chi connectivity index (χ1n) is 13.2. The lowest BCUT2D eigenvalue weighted by Gasteiger charge is -2.32. The number of anilines is 1. The molecule has 9 nitrogen and oxygen atoms in total. The van der Waals surface area contributed by atoms with Crippen LogP contribution >= 0.6 is 11.8 Å². The van der Waals surface area contributed by atoms with Crippen molar-refractivity contribution in [1.82, 2.24) is 10.2 Å². The Morgan fingerprint density at radius 2 is 1.63 bits per heavy atom. The second-order valence-corrected chi connectivity index (χ2v) is 11.8. The fourth-order valence-corrected chi connectivity index (χ4v) is 5.99. The zero-order valence-corrected chi connectivity index (χ0v) is 25.6. The summed E-state index contributed by atoms with van der Waals surface area (Å²) in [4.78, 5) is 29.2. The zero-order valence-electron chi connectivity index (χ0n) is 24.0. The Balaban J connectivity index is 2.07. The fourth-order valence-electron chi connectivity index (χ4n) is 4.16. The van der Waals surface area contributed by atoms with Crippen LogP contribution in [0.1, 0.15) is 26.3 Å². The van der Waals surface area contributed by atoms with Gasteiger partial charge in [-0.1, -0.05) is 24.3 Å². The minimum absolute atomic E-state index is 0.0351. The largest absolute Gasteiger partial charge is 0.497 e. The lowest BCUT2D eigenvalue weighted by atomic mass is 10.1. The highest BCUT2D eigenvalue weighted by atomic mass is 32.2. The Labute approximate surface area is 246 Å². The van der Waals surface area contributed by atoms with E-state index in [0.717, 1.165) is 14.8 Å². The summed E-state index contributed by atoms with van der Waals surface area (Å²) >= 11 is 1.49. The van der Waals surface area contributed by atoms with E-state index in [0.29, 0.717) is 24.7 Å². The number of carbonyl (C=O) groups excluding carboxylic acids is 2. The first-order chi connectivity index (χ1) is 19.7. The van der Waals surface area contributed by atoms with E-state index >= 15 is 0 Å². The Bertz CT molecular complexity index is 1410. The predicted octanol–water partition coefficient (Wildman–Crippen LogP) is 4.56. The lowest BCUT2D eigenvalue weighted by molar-refractivity contribution is -0.139. The third-order valence-corrected chi connectivity index (χ3v) is 8.91. The number of amides is 2. The van der Waals surface area contributed by atoms with Crippen LogP contribution < -0.4 is 19.1 Å². The number of hydrogen-bond donors (Lipinski definition) is 1. The Hall–Kier alpha value is -3.70. The van der Waals surface area contributed by atoms with Gasteiger partial charge >= 0.3 is 0 Å². The molecule has 3 aromatic carbocycles. The van der Waals surface area contributed by atoms with E-state index in [4.69, 9.17) is 9.47 Å². The number of hydrogen-bond acceptors (Lipinski definition) is 7. The number of methoxy groups -OCH3 is 1. The number of sulfonamides is 1. The number of nitrogens with zero attached hydrogens (tertiary/aromatic N) is 2. The number of nitrogens with one attached hydrogen (secondary N) is 1. The molecular weight excluding hydrogens is 562 g/mol. The van der Waals surface area contributed by atoms with Crippen LogP contribution in [0.3, 0.4) is 0 Å². The molecule has 3 rings (SSSR count). The topological polar surface area (TPSA) is 105 Å². The summed E-state index contributed by atoms with van der Waals surface area (Å²) in [6.07, 6.45) is 1.90. The van der Waals surface area contributed by atoms with Gasteiger partial charge < -0.3 is 19.7 Å². The molecule has 220 valence electrons. The van der Waals surface area contributed by atoms with E-state index < -0.39 is 28.5 Å². The molecule has 0 bridgehead atoms. The molecule has 0 heterocycles. The van der Waals surface area contributed by atoms with E-state index in [2.05, 4.69) is 5.32 Å². The van der Waals surface area contributed by atoms with Crippen molar-refractivity contribution < 1.29 is 27.5 Å². The van der Waals surface area contributed by atoms with E-state index in [9.17, 15) is 18.0 Å². The van der Waals surface area contributed by atoms with Gasteiger partial charge in [-0.25, -0.2) is 8.42 Å². The summed E-state index contributed by atoms with van der Waals surface area (Å²) < 4.78 is 40.2. The molecule has 0 saturated carbocycles. The molecular formula is C30H37N3O6S2. The van der Waals surface area contributed by atoms with Crippen LogP contribution in [0.25, 0.3) is 0 Å². The monoisotopic (exact) mass is 599 g/mol. The lowest BCUT2D eigenvalue weighted by Crippen LogP contribution is -2.51. The first kappa shape index (κ1) is 31.8. The van der Waals surface area contributed by atoms with Crippen LogP contribution in [-0.2, 0) is 26.2 Å². The van der Waals surface area contributed by atoms with E-state index in [1.54, 1.807) is 88.5 Å². The van der Waals surface area contributed by atoms with Crippen molar-refractivity contribution in [2.24, 2.45) is 0 Å². The third-order valence-electron chi connectivity index (χ3n) is 6.39. The van der Waals surface area contributed by atoms with Gasteiger partial charge in [0.25, 0.3) is 10.0 Å². The number of carbonyl (C=O) groups is 2. The number of thioether (sulfide) groups is 1. The van der Waals surface area contributed by atoms with Crippen molar-refractivity contribution in [2.45, 2.75) is 43.1 Å². The minimum atomic E-state index is -4.21. The summed E-state index contributed by atoms with van der Waals surface area (Å²) in [5.74, 6) is 0.0904. The zero-order chi connectivity index (χ0) is 30.0. The van der Waals surface area contributed by atoms with Gasteiger partial charge in [0.15, 0.2) is 0 Å². The maximum Gasteiger partial charge on any atom is 0.264 e. The second kappa shape index (κ2) is 14.8. The highest BCUT2D eigenvalue weighted by molar-refractivity contribution is 7.98. The molecule has 0 spiro atoms. The second-order valence-electron chi connectivity index (χ2n) is 9.03. The fraction of sp³-hybridized carbons (Fsp3) is 0.333. The van der Waals surface area contributed by atoms with Gasteiger partial charge in [0, 0.05) is 18.0 Å². The number of benzene rings is 3. The Morgan fingerprint density at radius 1 is 0.976 bits per heavy atom. The number of para-hydroxylation sites is 2. The maximum atomic E-state index is 14.1. The Kier molecular flexibility index (Phi) is 11.5. The van der Waals surface area contributed by atoms with Crippen LogP contribution in [0.2, 0.25) is 0 Å². The van der Waals surface area contributed by atoms with Crippen molar-refractivity contribution >= 4 is 39.3 Å². The summed E-state index contributed by atoms with van der Waals surface area (Å²) in [5, 5.41) is 2.76. The Morgan fingerprint density at radius 3 is 2.22 bits per heavy atom. The molecule has 0 unspecified atom stereocenters. The molecule has 11 heteroatoms. The summed E-state index contributed by atoms with van der Waals surface area (Å²) in [6.45, 7) is 5.46. The molecule has 0 radical (unpaired) electrons. The molecule has 2 amide bonds. The van der Waals surface area contributed by atoms with Crippen molar-refractivity contribution in [3.05, 3.63) is 78.4 Å². The molecule has 0 saturated heterocycles. The van der Waals surface area contributed by atoms with Crippen molar-refractivity contribution in [3.8, 4) is 11.5 Å². The molecule has 0 fully saturated rings. The SMILES string of the molecule is CCNC(=O)[C@@H](C)N(Cc1ccc(OC)cc1)C(=O)CN(c1ccccc1OCC)S(=O)(=O)c1ccc(SC)cc1. The summed E-state index contributed by atoms with van der Waals surface area (Å²) in [7, 11) is -2.65. The van der Waals surface area contributed by atoms with E-state index in [1.807, 2.05) is 6.26 Å². The molecule has 1 atom stereocenters. The standard InChI is InChI=1S/C30H37N3O6S2/c1-6-31-30(35)22(3)32(20-23-12-14-24(38-4)15-13-23)29(34)21-33(27-10-8-9-11-28(27)39-7-2)41(36,37)26-18-16-25(40-5)17-19-26/h8-19,22H,6-7,20-21H2,1-5H3,(H,31,35)/t22-/m1/s1. The van der Waals surface area contributed by atoms with Gasteiger partial charge in [0.05, 0.1) is 24.3 Å². The van der Waals surface area contributed by atoms with Crippen LogP contribution in [-0.4, -0.2) is 64.2 Å². The van der Waals surface area contributed by atoms with Gasteiger partial charge in [-0.3, -0.25) is 13.9 Å². The molecule has 0 aliphatic heterocycles. The van der Waals surface area contributed by atoms with E-state index in [-0.39, 0.29) is 23.0 Å². The molecule has 0 aliphatic carbocycles. The molecule has 41 heavy (non-hydrogen) atoms. The average molecular weight is 600 g/mol. The van der Waals surface area contributed by atoms with Gasteiger partial charge in [-0.15, -0.1) is 11.8 Å². The molecule has 3 aromatic rings. The van der Waals surface area contributed by atoms with E-state index in [1.165, 1.54) is 28.8 Å². The summed E-state index contributed by atoms with van der Waals surface area (Å²) in [6, 6.07) is 19.5. The van der Waals surface area contributed by atoms with Gasteiger partial charge in [-0.05, 0) is 81.1 Å². The van der Waals surface area contributed by atoms with Gasteiger partial charge in [-0.2, -0.15) is 0 Å². The average Bonchev–Trinajstić information content (AvgIpc) is 2.99. The first-order valence-corrected chi connectivity index (χ1v) is 15.9. The van der Waals surface area contributed by atoms with Crippen molar-refractivity contribution in [3.63, 3.8) is 0 Å². The van der Waals surface area contributed by atoms with Crippen molar-refractivity contribution in [1.29, 1.82) is 0 Å². The maximum absolute atomic E-state index is 14.1. The number of ether oxygens (including phenoxy) is 2. The number of rotatable bonds is 14. The van der Waals surface area contributed by atoms with Crippen LogP contribution in [0, 0.1) is 0 Å². The van der Waals surface area contributed by atoms with Crippen LogP contribution in [0.15, 0.2) is 82.6 Å². The van der Waals surface area contributed by atoms with Gasteiger partial charge in [0.1, 0.15) is 24.1 Å². The highest BCUT2D eigenvalue weighted by Gasteiger charge is 2.33. The molecule has 0 aliphatic rings. The van der Waals surface area contributed by atoms with Crippen LogP contribution in [0.4, 0.5) is 5.69 Å². The third kappa shape index (κ3) is 7.95. The number of likely N-dealkylation sites (N-methyl/N-ethyl adjacent to an activating group) is 1. The quantitative estimate of drug-likeness (QED) is 0.271. The molecule has 1 N–H and O–H groups in total. The normalized spacial score (nSPS) is 11.8. The smallest absolute Gasteiger partial charge is 0.264 e. The van der Waals surface area contributed by atoms with Gasteiger partial charge in [0.2, 0.25) is 11.8 Å². The predicted molar refractivity (Wildman–Crippen MR) is 162 cm³/mol. The minimum Gasteiger partial charge on any atom is -0.497 e. The summed E-state index contributed by atoms with van der Waals surface area (Å²) in [5.41, 5.74) is 0.985. The molecule has 0 aromatic heterocycles. The highest BCUT2D eigenvalue weighted by Crippen LogP contribution is 2.33. The van der Waals surface area contributed by atoms with Crippen molar-refractivity contribution in [2.75, 3.05) is 37.4 Å². The van der Waals surface area contributed by atoms with Crippen LogP contribution in [0.5, 0.6) is 11.5 Å².